The van der Waals surface area contributed by atoms with Crippen LogP contribution in [0.5, 0.6) is 0 Å². The van der Waals surface area contributed by atoms with Gasteiger partial charge in [-0.1, -0.05) is 45.0 Å². The molecule has 0 aliphatic rings. The number of hydrogen-bond acceptors (Lipinski definition) is 1. The van der Waals surface area contributed by atoms with Gasteiger partial charge in [-0.25, -0.2) is 0 Å². The molecule has 0 fully saturated rings. The molecule has 0 heterocycles. The SMILES string of the molecule is CCOC.Cc1ccccc1C(C)(C)C. The maximum atomic E-state index is 4.54. The molecule has 0 bridgehead atoms. The zero-order chi connectivity index (χ0) is 11.9. The highest BCUT2D eigenvalue weighted by Gasteiger charge is 2.14. The minimum absolute atomic E-state index is 0.283. The van der Waals surface area contributed by atoms with E-state index >= 15 is 0 Å². The third-order valence-electron chi connectivity index (χ3n) is 2.24. The summed E-state index contributed by atoms with van der Waals surface area (Å²) in [6.45, 7) is 11.7. The molecule has 1 nitrogen and oxygen atoms in total. The predicted octanol–water partition coefficient (Wildman–Crippen LogP) is 3.95. The van der Waals surface area contributed by atoms with Gasteiger partial charge >= 0.3 is 0 Å². The van der Waals surface area contributed by atoms with E-state index in [1.165, 1.54) is 11.1 Å². The van der Waals surface area contributed by atoms with Crippen LogP contribution in [0.15, 0.2) is 24.3 Å². The number of methoxy groups -OCH3 is 1. The van der Waals surface area contributed by atoms with E-state index in [1.807, 2.05) is 6.92 Å². The maximum absolute atomic E-state index is 4.54. The molecule has 0 radical (unpaired) electrons. The Morgan fingerprint density at radius 1 is 1.13 bits per heavy atom. The summed E-state index contributed by atoms with van der Waals surface area (Å²) in [5, 5.41) is 0. The number of rotatable bonds is 1. The molecule has 1 aromatic rings. The molecule has 0 saturated heterocycles. The van der Waals surface area contributed by atoms with Gasteiger partial charge in [-0.2, -0.15) is 0 Å². The molecule has 1 aromatic carbocycles. The fraction of sp³-hybridized carbons (Fsp3) is 0.571. The molecule has 0 spiro atoms. The van der Waals surface area contributed by atoms with Crippen molar-refractivity contribution in [3.63, 3.8) is 0 Å². The summed E-state index contributed by atoms with van der Waals surface area (Å²) in [6, 6.07) is 8.56. The van der Waals surface area contributed by atoms with Crippen molar-refractivity contribution in [2.24, 2.45) is 0 Å². The fourth-order valence-electron chi connectivity index (χ4n) is 1.41. The molecular weight excluding hydrogens is 184 g/mol. The van der Waals surface area contributed by atoms with Crippen molar-refractivity contribution in [2.75, 3.05) is 13.7 Å². The molecule has 0 aliphatic heterocycles. The average molecular weight is 208 g/mol. The molecule has 1 heteroatoms. The largest absolute Gasteiger partial charge is 0.385 e. The van der Waals surface area contributed by atoms with E-state index in [4.69, 9.17) is 0 Å². The third-order valence-corrected chi connectivity index (χ3v) is 2.24. The Labute approximate surface area is 94.5 Å². The van der Waals surface area contributed by atoms with E-state index in [0.29, 0.717) is 0 Å². The van der Waals surface area contributed by atoms with Gasteiger partial charge < -0.3 is 4.74 Å². The van der Waals surface area contributed by atoms with Gasteiger partial charge in [0.05, 0.1) is 0 Å². The van der Waals surface area contributed by atoms with Crippen LogP contribution >= 0.6 is 0 Å². The van der Waals surface area contributed by atoms with Crippen LogP contribution in [0.2, 0.25) is 0 Å². The Hall–Kier alpha value is -0.820. The van der Waals surface area contributed by atoms with Gasteiger partial charge in [-0.3, -0.25) is 0 Å². The van der Waals surface area contributed by atoms with Crippen LogP contribution < -0.4 is 0 Å². The Morgan fingerprint density at radius 3 is 1.87 bits per heavy atom. The lowest BCUT2D eigenvalue weighted by Crippen LogP contribution is -2.12. The summed E-state index contributed by atoms with van der Waals surface area (Å²) in [6.07, 6.45) is 0. The lowest BCUT2D eigenvalue weighted by Gasteiger charge is -2.21. The molecule has 0 aliphatic carbocycles. The van der Waals surface area contributed by atoms with Crippen LogP contribution in [-0.2, 0) is 10.2 Å². The summed E-state index contributed by atoms with van der Waals surface area (Å²) in [5.74, 6) is 0. The quantitative estimate of drug-likeness (QED) is 0.679. The van der Waals surface area contributed by atoms with Crippen LogP contribution in [0, 0.1) is 6.92 Å². The Morgan fingerprint density at radius 2 is 1.60 bits per heavy atom. The van der Waals surface area contributed by atoms with Crippen LogP contribution in [0.3, 0.4) is 0 Å². The number of ether oxygens (including phenoxy) is 1. The van der Waals surface area contributed by atoms with E-state index in [1.54, 1.807) is 7.11 Å². The van der Waals surface area contributed by atoms with Gasteiger partial charge in [0.1, 0.15) is 0 Å². The number of aryl methyl sites for hydroxylation is 1. The van der Waals surface area contributed by atoms with Crippen molar-refractivity contribution in [3.05, 3.63) is 35.4 Å². The Bertz CT molecular complexity index is 269. The van der Waals surface area contributed by atoms with Gasteiger partial charge in [-0.05, 0) is 30.4 Å². The Kier molecular flexibility index (Phi) is 6.26. The minimum atomic E-state index is 0.283. The monoisotopic (exact) mass is 208 g/mol. The highest BCUT2D eigenvalue weighted by Crippen LogP contribution is 2.24. The summed E-state index contributed by atoms with van der Waals surface area (Å²) >= 11 is 0. The van der Waals surface area contributed by atoms with Crippen LogP contribution in [0.4, 0.5) is 0 Å². The van der Waals surface area contributed by atoms with Gasteiger partial charge in [0.15, 0.2) is 0 Å². The smallest absolute Gasteiger partial charge is 0.0433 e. The highest BCUT2D eigenvalue weighted by molar-refractivity contribution is 5.31. The van der Waals surface area contributed by atoms with Crippen molar-refractivity contribution in [1.82, 2.24) is 0 Å². The summed E-state index contributed by atoms with van der Waals surface area (Å²) in [5.41, 5.74) is 3.12. The van der Waals surface area contributed by atoms with Crippen molar-refractivity contribution in [2.45, 2.75) is 40.0 Å². The zero-order valence-corrected chi connectivity index (χ0v) is 10.9. The molecule has 0 amide bonds. The van der Waals surface area contributed by atoms with Crippen molar-refractivity contribution >= 4 is 0 Å². The standard InChI is InChI=1S/C11H16.C3H8O/c1-9-7-5-6-8-10(9)11(2,3)4;1-3-4-2/h5-8H,1-4H3;3H2,1-2H3. The molecule has 0 unspecified atom stereocenters. The second kappa shape index (κ2) is 6.62. The first-order valence-electron chi connectivity index (χ1n) is 5.48. The van der Waals surface area contributed by atoms with Crippen LogP contribution in [0.1, 0.15) is 38.8 Å². The first-order chi connectivity index (χ1) is 6.93. The molecule has 86 valence electrons. The topological polar surface area (TPSA) is 9.23 Å². The second-order valence-corrected chi connectivity index (χ2v) is 4.64. The molecule has 0 N–H and O–H groups in total. The van der Waals surface area contributed by atoms with E-state index in [9.17, 15) is 0 Å². The van der Waals surface area contributed by atoms with E-state index in [0.717, 1.165) is 6.61 Å². The third kappa shape index (κ3) is 5.58. The number of benzene rings is 1. The van der Waals surface area contributed by atoms with E-state index < -0.39 is 0 Å². The molecular formula is C14H24O. The fourth-order valence-corrected chi connectivity index (χ4v) is 1.41. The average Bonchev–Trinajstić information content (AvgIpc) is 2.17. The van der Waals surface area contributed by atoms with Crippen molar-refractivity contribution < 1.29 is 4.74 Å². The molecule has 1 rings (SSSR count). The summed E-state index contributed by atoms with van der Waals surface area (Å²) < 4.78 is 4.54. The highest BCUT2D eigenvalue weighted by atomic mass is 16.5. The Balaban J connectivity index is 0.000000423. The minimum Gasteiger partial charge on any atom is -0.385 e. The predicted molar refractivity (Wildman–Crippen MR) is 67.4 cm³/mol. The van der Waals surface area contributed by atoms with Crippen molar-refractivity contribution in [3.8, 4) is 0 Å². The first kappa shape index (κ1) is 14.2. The van der Waals surface area contributed by atoms with Gasteiger partial charge in [0.25, 0.3) is 0 Å². The molecule has 0 atom stereocenters. The molecule has 0 saturated carbocycles. The van der Waals surface area contributed by atoms with Crippen LogP contribution in [-0.4, -0.2) is 13.7 Å². The van der Waals surface area contributed by atoms with E-state index in [-0.39, 0.29) is 5.41 Å². The molecule has 0 aromatic heterocycles. The molecule has 15 heavy (non-hydrogen) atoms. The number of hydrogen-bond donors (Lipinski definition) is 0. The maximum Gasteiger partial charge on any atom is 0.0433 e. The lowest BCUT2D eigenvalue weighted by atomic mass is 9.84. The van der Waals surface area contributed by atoms with Gasteiger partial charge in [0, 0.05) is 13.7 Å². The first-order valence-corrected chi connectivity index (χ1v) is 5.48. The zero-order valence-electron chi connectivity index (χ0n) is 10.9. The van der Waals surface area contributed by atoms with Gasteiger partial charge in [0.2, 0.25) is 0 Å². The van der Waals surface area contributed by atoms with Gasteiger partial charge in [-0.15, -0.1) is 0 Å². The summed E-state index contributed by atoms with van der Waals surface area (Å²) in [7, 11) is 1.68. The van der Waals surface area contributed by atoms with E-state index in [2.05, 4.69) is 56.7 Å². The van der Waals surface area contributed by atoms with Crippen molar-refractivity contribution in [1.29, 1.82) is 0 Å². The normalized spacial score (nSPS) is 10.5. The lowest BCUT2D eigenvalue weighted by molar-refractivity contribution is 0.215. The second-order valence-electron chi connectivity index (χ2n) is 4.64. The van der Waals surface area contributed by atoms with Crippen LogP contribution in [0.25, 0.3) is 0 Å². The summed E-state index contributed by atoms with van der Waals surface area (Å²) in [4.78, 5) is 0.